The summed E-state index contributed by atoms with van der Waals surface area (Å²) in [6.45, 7) is 0. The van der Waals surface area contributed by atoms with E-state index in [1.54, 1.807) is 0 Å². The van der Waals surface area contributed by atoms with Gasteiger partial charge >= 0.3 is 11.9 Å². The molecule has 0 aromatic rings. The van der Waals surface area contributed by atoms with Crippen molar-refractivity contribution in [1.29, 1.82) is 0 Å². The third kappa shape index (κ3) is 6.54. The van der Waals surface area contributed by atoms with Gasteiger partial charge in [-0.25, -0.2) is 0 Å². The number of carboxylic acid groups (broad SMARTS) is 2. The Kier molecular flexibility index (Phi) is 7.43. The summed E-state index contributed by atoms with van der Waals surface area (Å²) in [5, 5.41) is 13.9. The molecule has 0 aliphatic heterocycles. The molecular weight excluding hydrogens is 231 g/mol. The van der Waals surface area contributed by atoms with Gasteiger partial charge in [0.1, 0.15) is 0 Å². The minimum atomic E-state index is -4.84. The summed E-state index contributed by atoms with van der Waals surface area (Å²) in [4.78, 5) is 20.0. The molecule has 0 aliphatic carbocycles. The van der Waals surface area contributed by atoms with Gasteiger partial charge in [0.2, 0.25) is 0 Å². The van der Waals surface area contributed by atoms with Gasteiger partial charge in [-0.1, -0.05) is 0 Å². The number of aliphatic carboxylic acids is 2. The van der Waals surface area contributed by atoms with Gasteiger partial charge in [-0.2, -0.15) is 8.42 Å². The predicted molar refractivity (Wildman–Crippen MR) is 41.0 cm³/mol. The molecule has 0 amide bonds. The molecule has 0 fully saturated rings. The minimum absolute atomic E-state index is 0. The van der Waals surface area contributed by atoms with E-state index in [2.05, 4.69) is 0 Å². The Labute approximate surface area is 116 Å². The van der Waals surface area contributed by atoms with E-state index in [0.717, 1.165) is 0 Å². The zero-order chi connectivity index (χ0) is 9.94. The van der Waals surface area contributed by atoms with E-state index < -0.39 is 33.7 Å². The van der Waals surface area contributed by atoms with Gasteiger partial charge in [-0.3, -0.25) is 14.1 Å². The maximum atomic E-state index is 10.2. The average Bonchev–Trinajstić information content (AvgIpc) is 1.79. The molecule has 13 heavy (non-hydrogen) atoms. The Hall–Kier alpha value is 0.486. The molecule has 0 heterocycles. The second-order valence-electron chi connectivity index (χ2n) is 1.94. The number of hydrogen-bond donors (Lipinski definition) is 3. The molecule has 3 N–H and O–H groups in total. The largest absolute Gasteiger partial charge is 0.481 e. The van der Waals surface area contributed by atoms with Crippen LogP contribution in [0.2, 0.25) is 0 Å². The van der Waals surface area contributed by atoms with Crippen LogP contribution in [0.1, 0.15) is 6.42 Å². The molecule has 71 valence electrons. The van der Waals surface area contributed by atoms with Crippen molar-refractivity contribution in [2.24, 2.45) is 0 Å². The smallest absolute Gasteiger partial charge is 0.325 e. The third-order valence-corrected chi connectivity index (χ3v) is 2.08. The molecule has 0 bridgehead atoms. The van der Waals surface area contributed by atoms with Crippen LogP contribution < -0.4 is 0 Å². The SMILES string of the molecule is O=C(O)CC(C(=O)O)S(=O)(=O)O.[K]. The second-order valence-corrected chi connectivity index (χ2v) is 3.54. The van der Waals surface area contributed by atoms with Gasteiger partial charge in [-0.15, -0.1) is 0 Å². The van der Waals surface area contributed by atoms with Crippen molar-refractivity contribution in [1.82, 2.24) is 0 Å². The Bertz CT molecular complexity index is 294. The Morgan fingerprint density at radius 2 is 1.62 bits per heavy atom. The van der Waals surface area contributed by atoms with Crippen molar-refractivity contribution < 1.29 is 32.8 Å². The number of hydrogen-bond acceptors (Lipinski definition) is 4. The Balaban J connectivity index is 0. The summed E-state index contributed by atoms with van der Waals surface area (Å²) in [7, 11) is -4.84. The van der Waals surface area contributed by atoms with Gasteiger partial charge in [-0.05, 0) is 0 Å². The topological polar surface area (TPSA) is 129 Å². The van der Waals surface area contributed by atoms with Crippen molar-refractivity contribution in [3.05, 3.63) is 0 Å². The first-order valence-electron chi connectivity index (χ1n) is 2.66. The van der Waals surface area contributed by atoms with E-state index >= 15 is 0 Å². The number of carboxylic acids is 2. The molecule has 0 saturated carbocycles. The minimum Gasteiger partial charge on any atom is -0.481 e. The maximum Gasteiger partial charge on any atom is 0.325 e. The van der Waals surface area contributed by atoms with Gasteiger partial charge in [0.05, 0.1) is 6.42 Å². The van der Waals surface area contributed by atoms with E-state index in [0.29, 0.717) is 0 Å². The van der Waals surface area contributed by atoms with Crippen molar-refractivity contribution in [3.8, 4) is 0 Å². The fraction of sp³-hybridized carbons (Fsp3) is 0.500. The fourth-order valence-electron chi connectivity index (χ4n) is 0.479. The summed E-state index contributed by atoms with van der Waals surface area (Å²) in [6, 6.07) is 0. The molecular formula is C4H6KO7S. The van der Waals surface area contributed by atoms with Crippen LogP contribution in [0, 0.1) is 0 Å². The third-order valence-electron chi connectivity index (χ3n) is 0.995. The summed E-state index contributed by atoms with van der Waals surface area (Å²) in [6.07, 6.45) is -1.16. The quantitative estimate of drug-likeness (QED) is 0.397. The summed E-state index contributed by atoms with van der Waals surface area (Å²) >= 11 is 0. The molecule has 1 unspecified atom stereocenters. The predicted octanol–water partition coefficient (Wildman–Crippen LogP) is -1.58. The Morgan fingerprint density at radius 3 is 1.69 bits per heavy atom. The summed E-state index contributed by atoms with van der Waals surface area (Å²) < 4.78 is 28.7. The van der Waals surface area contributed by atoms with Crippen molar-refractivity contribution in [3.63, 3.8) is 0 Å². The van der Waals surface area contributed by atoms with Gasteiger partial charge in [0, 0.05) is 51.4 Å². The van der Waals surface area contributed by atoms with Crippen molar-refractivity contribution in [2.75, 3.05) is 0 Å². The molecule has 0 saturated heterocycles. The number of rotatable bonds is 4. The molecule has 0 aliphatic rings. The van der Waals surface area contributed by atoms with Crippen LogP contribution >= 0.6 is 0 Å². The van der Waals surface area contributed by atoms with E-state index in [-0.39, 0.29) is 51.4 Å². The van der Waals surface area contributed by atoms with Crippen LogP contribution in [0.15, 0.2) is 0 Å². The molecule has 1 radical (unpaired) electrons. The van der Waals surface area contributed by atoms with Gasteiger partial charge in [0.15, 0.2) is 5.25 Å². The van der Waals surface area contributed by atoms with E-state index in [4.69, 9.17) is 14.8 Å². The van der Waals surface area contributed by atoms with Crippen molar-refractivity contribution >= 4 is 73.4 Å². The first kappa shape index (κ1) is 15.9. The molecule has 7 nitrogen and oxygen atoms in total. The van der Waals surface area contributed by atoms with Crippen LogP contribution in [0.5, 0.6) is 0 Å². The van der Waals surface area contributed by atoms with Crippen LogP contribution in [0.4, 0.5) is 0 Å². The fourth-order valence-corrected chi connectivity index (χ4v) is 1.09. The van der Waals surface area contributed by atoms with Crippen molar-refractivity contribution in [2.45, 2.75) is 11.7 Å². The molecule has 0 aromatic heterocycles. The molecule has 9 heteroatoms. The zero-order valence-electron chi connectivity index (χ0n) is 6.67. The van der Waals surface area contributed by atoms with Gasteiger partial charge in [0.25, 0.3) is 10.1 Å². The van der Waals surface area contributed by atoms with E-state index in [1.165, 1.54) is 0 Å². The first-order chi connectivity index (χ1) is 5.25. The Morgan fingerprint density at radius 1 is 1.23 bits per heavy atom. The zero-order valence-corrected chi connectivity index (χ0v) is 10.6. The molecule has 0 aromatic carbocycles. The average molecular weight is 237 g/mol. The molecule has 0 spiro atoms. The number of carbonyl (C=O) groups is 2. The standard InChI is InChI=1S/C4H6O7S.K/c5-3(6)1-2(4(7)8)12(9,10)11;/h2H,1H2,(H,5,6)(H,7,8)(H,9,10,11);. The van der Waals surface area contributed by atoms with Crippen LogP contribution in [0.25, 0.3) is 0 Å². The summed E-state index contributed by atoms with van der Waals surface area (Å²) in [5.74, 6) is -3.50. The van der Waals surface area contributed by atoms with E-state index in [1.807, 2.05) is 0 Å². The van der Waals surface area contributed by atoms with Crippen LogP contribution in [0.3, 0.4) is 0 Å². The van der Waals surface area contributed by atoms with Gasteiger partial charge < -0.3 is 10.2 Å². The first-order valence-corrected chi connectivity index (χ1v) is 4.16. The van der Waals surface area contributed by atoms with E-state index in [9.17, 15) is 18.0 Å². The molecule has 0 rings (SSSR count). The molecule has 1 atom stereocenters. The van der Waals surface area contributed by atoms with Crippen LogP contribution in [-0.2, 0) is 19.7 Å². The monoisotopic (exact) mass is 237 g/mol. The maximum absolute atomic E-state index is 10.2. The summed E-state index contributed by atoms with van der Waals surface area (Å²) in [5.41, 5.74) is 0. The second kappa shape index (κ2) is 6.06. The van der Waals surface area contributed by atoms with Crippen LogP contribution in [-0.4, -0.2) is 91.8 Å². The normalized spacial score (nSPS) is 12.7.